The summed E-state index contributed by atoms with van der Waals surface area (Å²) in [5.41, 5.74) is 17.6. The Morgan fingerprint density at radius 1 is 0.315 bits per heavy atom. The van der Waals surface area contributed by atoms with Crippen LogP contribution >= 0.6 is 0 Å². The van der Waals surface area contributed by atoms with E-state index in [1.165, 1.54) is 99.5 Å². The normalized spacial score (nSPS) is 11.7. The molecule has 0 aliphatic heterocycles. The summed E-state index contributed by atoms with van der Waals surface area (Å²) >= 11 is 0. The van der Waals surface area contributed by atoms with Crippen molar-refractivity contribution in [2.24, 2.45) is 0 Å². The molecule has 0 saturated heterocycles. The van der Waals surface area contributed by atoms with Gasteiger partial charge in [-0.2, -0.15) is 0 Å². The van der Waals surface area contributed by atoms with Crippen LogP contribution < -0.4 is 0 Å². The Labute approximate surface area is 316 Å². The van der Waals surface area contributed by atoms with E-state index in [9.17, 15) is 0 Å². The molecule has 0 saturated carbocycles. The Morgan fingerprint density at radius 3 is 1.46 bits per heavy atom. The monoisotopic (exact) mass is 692 g/mol. The van der Waals surface area contributed by atoms with E-state index in [2.05, 4.69) is 205 Å². The topological polar surface area (TPSA) is 9.86 Å². The van der Waals surface area contributed by atoms with E-state index in [0.717, 1.165) is 12.8 Å². The van der Waals surface area contributed by atoms with Crippen molar-refractivity contribution < 1.29 is 0 Å². The van der Waals surface area contributed by atoms with Gasteiger partial charge in [-0.15, -0.1) is 0 Å². The van der Waals surface area contributed by atoms with Crippen LogP contribution in [-0.4, -0.2) is 9.13 Å². The predicted molar refractivity (Wildman–Crippen MR) is 230 cm³/mol. The largest absolute Gasteiger partial charge is 0.309 e. The number of hydrogen-bond donors (Lipinski definition) is 0. The molecule has 0 aliphatic carbocycles. The summed E-state index contributed by atoms with van der Waals surface area (Å²) < 4.78 is 4.86. The van der Waals surface area contributed by atoms with Gasteiger partial charge >= 0.3 is 0 Å². The average molecular weight is 693 g/mol. The minimum absolute atomic E-state index is 0.972. The molecule has 2 heterocycles. The van der Waals surface area contributed by atoms with Gasteiger partial charge in [0.25, 0.3) is 0 Å². The van der Waals surface area contributed by atoms with Gasteiger partial charge < -0.3 is 9.13 Å². The molecule has 258 valence electrons. The highest BCUT2D eigenvalue weighted by molar-refractivity contribution is 6.12. The lowest BCUT2D eigenvalue weighted by molar-refractivity contribution is 1.10. The summed E-state index contributed by atoms with van der Waals surface area (Å²) in [6.07, 6.45) is 1.99. The van der Waals surface area contributed by atoms with Crippen LogP contribution in [0.25, 0.3) is 88.4 Å². The fourth-order valence-electron chi connectivity index (χ4n) is 8.68. The second kappa shape index (κ2) is 13.1. The maximum Gasteiger partial charge on any atom is 0.0541 e. The number of aromatic nitrogens is 2. The first-order chi connectivity index (χ1) is 26.7. The van der Waals surface area contributed by atoms with Gasteiger partial charge in [-0.05, 0) is 118 Å². The molecule has 0 atom stereocenters. The van der Waals surface area contributed by atoms with Crippen LogP contribution in [0.4, 0.5) is 0 Å². The van der Waals surface area contributed by atoms with Crippen LogP contribution in [0, 0.1) is 0 Å². The van der Waals surface area contributed by atoms with Gasteiger partial charge in [0.15, 0.2) is 0 Å². The smallest absolute Gasteiger partial charge is 0.0541 e. The summed E-state index contributed by atoms with van der Waals surface area (Å²) in [6, 6.07) is 67.0. The Hall–Kier alpha value is -6.64. The molecule has 0 aliphatic rings. The maximum atomic E-state index is 2.45. The van der Waals surface area contributed by atoms with Crippen molar-refractivity contribution in [2.45, 2.75) is 26.7 Å². The zero-order chi connectivity index (χ0) is 36.2. The number of rotatable bonds is 7. The standard InChI is InChI=1S/C52H40N2/c1-3-35-15-8-9-20-43(35)44-28-27-42(31-36(44)4-2)54-50-24-13-11-22-46(50)48-34-40(26-30-52(48)54)39-25-29-51-47(33-39)45-21-10-12-23-49(45)53(51)41-19-14-18-38(32-41)37-16-6-5-7-17-37/h5-34H,3-4H2,1-2H3. The molecule has 8 aromatic carbocycles. The fraction of sp³-hybridized carbons (Fsp3) is 0.0769. The highest BCUT2D eigenvalue weighted by Gasteiger charge is 2.17. The lowest BCUT2D eigenvalue weighted by atomic mass is 9.93. The first-order valence-electron chi connectivity index (χ1n) is 19.1. The third kappa shape index (κ3) is 5.17. The summed E-state index contributed by atoms with van der Waals surface area (Å²) in [7, 11) is 0. The van der Waals surface area contributed by atoms with Crippen LogP contribution in [0.2, 0.25) is 0 Å². The summed E-state index contributed by atoms with van der Waals surface area (Å²) in [5.74, 6) is 0. The van der Waals surface area contributed by atoms with Gasteiger partial charge in [0, 0.05) is 32.9 Å². The van der Waals surface area contributed by atoms with Crippen molar-refractivity contribution in [2.75, 3.05) is 0 Å². The number of hydrogen-bond acceptors (Lipinski definition) is 0. The lowest BCUT2D eigenvalue weighted by Gasteiger charge is -2.16. The summed E-state index contributed by atoms with van der Waals surface area (Å²) in [6.45, 7) is 4.51. The fourth-order valence-corrected chi connectivity index (χ4v) is 8.68. The molecule has 2 nitrogen and oxygen atoms in total. The van der Waals surface area contributed by atoms with Crippen LogP contribution in [-0.2, 0) is 12.8 Å². The molecular weight excluding hydrogens is 653 g/mol. The third-order valence-electron chi connectivity index (χ3n) is 11.3. The number of benzene rings is 8. The Morgan fingerprint density at radius 2 is 0.815 bits per heavy atom. The first kappa shape index (κ1) is 32.0. The number of fused-ring (bicyclic) bond motifs is 6. The van der Waals surface area contributed by atoms with Gasteiger partial charge in [0.05, 0.1) is 22.1 Å². The van der Waals surface area contributed by atoms with Gasteiger partial charge in [0.1, 0.15) is 0 Å². The van der Waals surface area contributed by atoms with Gasteiger partial charge in [0.2, 0.25) is 0 Å². The summed E-state index contributed by atoms with van der Waals surface area (Å²) in [5, 5.41) is 5.05. The van der Waals surface area contributed by atoms with Crippen molar-refractivity contribution in [1.29, 1.82) is 0 Å². The van der Waals surface area contributed by atoms with E-state index in [0.29, 0.717) is 0 Å². The van der Waals surface area contributed by atoms with Gasteiger partial charge in [-0.3, -0.25) is 0 Å². The van der Waals surface area contributed by atoms with Gasteiger partial charge in [-0.25, -0.2) is 0 Å². The molecule has 10 aromatic rings. The van der Waals surface area contributed by atoms with Crippen molar-refractivity contribution in [3.05, 3.63) is 193 Å². The Balaban J connectivity index is 1.10. The van der Waals surface area contributed by atoms with E-state index in [4.69, 9.17) is 0 Å². The molecule has 0 amide bonds. The zero-order valence-corrected chi connectivity index (χ0v) is 30.6. The third-order valence-corrected chi connectivity index (χ3v) is 11.3. The molecule has 0 bridgehead atoms. The quantitative estimate of drug-likeness (QED) is 0.157. The molecule has 0 unspecified atom stereocenters. The molecule has 0 spiro atoms. The molecule has 0 fully saturated rings. The molecule has 2 aromatic heterocycles. The second-order valence-electron chi connectivity index (χ2n) is 14.3. The molecule has 10 rings (SSSR count). The number of aryl methyl sites for hydroxylation is 2. The highest BCUT2D eigenvalue weighted by atomic mass is 15.0. The van der Waals surface area contributed by atoms with E-state index in [-0.39, 0.29) is 0 Å². The molecular formula is C52H40N2. The Bertz CT molecular complexity index is 3010. The molecule has 0 radical (unpaired) electrons. The molecule has 2 heteroatoms. The molecule has 0 N–H and O–H groups in total. The minimum Gasteiger partial charge on any atom is -0.309 e. The van der Waals surface area contributed by atoms with Crippen molar-refractivity contribution in [3.63, 3.8) is 0 Å². The Kier molecular flexibility index (Phi) is 7.77. The van der Waals surface area contributed by atoms with E-state index < -0.39 is 0 Å². The molecule has 54 heavy (non-hydrogen) atoms. The maximum absolute atomic E-state index is 2.45. The minimum atomic E-state index is 0.972. The predicted octanol–water partition coefficient (Wildman–Crippen LogP) is 14.0. The van der Waals surface area contributed by atoms with Gasteiger partial charge in [-0.1, -0.05) is 135 Å². The first-order valence-corrected chi connectivity index (χ1v) is 19.1. The van der Waals surface area contributed by atoms with Crippen LogP contribution in [0.5, 0.6) is 0 Å². The summed E-state index contributed by atoms with van der Waals surface area (Å²) in [4.78, 5) is 0. The highest BCUT2D eigenvalue weighted by Crippen LogP contribution is 2.39. The zero-order valence-electron chi connectivity index (χ0n) is 30.6. The SMILES string of the molecule is CCc1ccccc1-c1ccc(-n2c3ccccc3c3cc(-c4ccc5c(c4)c4ccccc4n5-c4cccc(-c5ccccc5)c4)ccc32)cc1CC. The number of nitrogens with zero attached hydrogens (tertiary/aromatic N) is 2. The van der Waals surface area contributed by atoms with Crippen LogP contribution in [0.3, 0.4) is 0 Å². The van der Waals surface area contributed by atoms with E-state index in [1.54, 1.807) is 0 Å². The lowest BCUT2D eigenvalue weighted by Crippen LogP contribution is -1.98. The van der Waals surface area contributed by atoms with E-state index in [1.807, 2.05) is 0 Å². The van der Waals surface area contributed by atoms with Crippen LogP contribution in [0.15, 0.2) is 182 Å². The van der Waals surface area contributed by atoms with Crippen molar-refractivity contribution in [3.8, 4) is 44.8 Å². The average Bonchev–Trinajstić information content (AvgIpc) is 3.76. The van der Waals surface area contributed by atoms with Crippen molar-refractivity contribution >= 4 is 43.6 Å². The van der Waals surface area contributed by atoms with E-state index >= 15 is 0 Å². The second-order valence-corrected chi connectivity index (χ2v) is 14.3. The van der Waals surface area contributed by atoms with Crippen LogP contribution in [0.1, 0.15) is 25.0 Å². The number of para-hydroxylation sites is 2. The van der Waals surface area contributed by atoms with Crippen molar-refractivity contribution in [1.82, 2.24) is 9.13 Å².